The van der Waals surface area contributed by atoms with Gasteiger partial charge in [0.1, 0.15) is 5.82 Å². The van der Waals surface area contributed by atoms with E-state index in [-0.39, 0.29) is 5.79 Å². The van der Waals surface area contributed by atoms with Crippen LogP contribution in [0.4, 0.5) is 11.8 Å². The first-order chi connectivity index (χ1) is 12.3. The standard InChI is InChI=1S/C19H24N4O2/c1-2-4-16(5-3-1)6-10-20-18-21-11-7-17(22-18)23-12-8-19(9-13-23)24-14-15-25-19/h1-5,7,11H,6,8-10,12-15H2,(H,20,21,22). The van der Waals surface area contributed by atoms with Gasteiger partial charge in [-0.2, -0.15) is 4.98 Å². The van der Waals surface area contributed by atoms with Crippen LogP contribution in [0.3, 0.4) is 0 Å². The number of nitrogens with one attached hydrogen (secondary N) is 1. The number of ether oxygens (including phenoxy) is 2. The van der Waals surface area contributed by atoms with Gasteiger partial charge in [-0.25, -0.2) is 4.98 Å². The lowest BCUT2D eigenvalue weighted by atomic mass is 10.0. The van der Waals surface area contributed by atoms with Gasteiger partial charge in [0, 0.05) is 38.7 Å². The molecule has 6 nitrogen and oxygen atoms in total. The van der Waals surface area contributed by atoms with Gasteiger partial charge in [0.2, 0.25) is 5.95 Å². The molecule has 1 spiro atoms. The smallest absolute Gasteiger partial charge is 0.224 e. The fourth-order valence-electron chi connectivity index (χ4n) is 3.44. The molecule has 0 bridgehead atoms. The summed E-state index contributed by atoms with van der Waals surface area (Å²) in [7, 11) is 0. The van der Waals surface area contributed by atoms with E-state index in [1.54, 1.807) is 0 Å². The van der Waals surface area contributed by atoms with Gasteiger partial charge in [0.05, 0.1) is 13.2 Å². The molecular formula is C19H24N4O2. The van der Waals surface area contributed by atoms with Gasteiger partial charge in [-0.05, 0) is 18.1 Å². The zero-order chi connectivity index (χ0) is 17.0. The first-order valence-electron chi connectivity index (χ1n) is 8.97. The monoisotopic (exact) mass is 340 g/mol. The van der Waals surface area contributed by atoms with E-state index < -0.39 is 0 Å². The van der Waals surface area contributed by atoms with E-state index in [1.165, 1.54) is 5.56 Å². The third kappa shape index (κ3) is 3.91. The number of piperidine rings is 1. The Morgan fingerprint density at radius 3 is 2.56 bits per heavy atom. The second kappa shape index (κ2) is 7.37. The summed E-state index contributed by atoms with van der Waals surface area (Å²) in [6, 6.07) is 12.4. The Labute approximate surface area is 148 Å². The number of nitrogens with zero attached hydrogens (tertiary/aromatic N) is 3. The van der Waals surface area contributed by atoms with E-state index >= 15 is 0 Å². The van der Waals surface area contributed by atoms with Crippen LogP contribution < -0.4 is 10.2 Å². The summed E-state index contributed by atoms with van der Waals surface area (Å²) in [6.07, 6.45) is 4.54. The minimum Gasteiger partial charge on any atom is -0.356 e. The molecule has 132 valence electrons. The van der Waals surface area contributed by atoms with Crippen LogP contribution in [0, 0.1) is 0 Å². The molecule has 2 aromatic rings. The molecule has 1 aromatic carbocycles. The lowest BCUT2D eigenvalue weighted by Gasteiger charge is -2.38. The Morgan fingerprint density at radius 2 is 1.80 bits per heavy atom. The van der Waals surface area contributed by atoms with Crippen molar-refractivity contribution in [2.45, 2.75) is 25.0 Å². The highest BCUT2D eigenvalue weighted by atomic mass is 16.7. The Balaban J connectivity index is 1.32. The molecule has 0 atom stereocenters. The van der Waals surface area contributed by atoms with Gasteiger partial charge < -0.3 is 19.7 Å². The third-order valence-electron chi connectivity index (χ3n) is 4.84. The molecule has 2 saturated heterocycles. The summed E-state index contributed by atoms with van der Waals surface area (Å²) in [5.74, 6) is 1.30. The largest absolute Gasteiger partial charge is 0.356 e. The normalized spacial score (nSPS) is 19.3. The van der Waals surface area contributed by atoms with Crippen molar-refractivity contribution >= 4 is 11.8 Å². The van der Waals surface area contributed by atoms with Gasteiger partial charge in [-0.1, -0.05) is 30.3 Å². The van der Waals surface area contributed by atoms with Gasteiger partial charge in [0.25, 0.3) is 0 Å². The van der Waals surface area contributed by atoms with Crippen molar-refractivity contribution in [3.8, 4) is 0 Å². The summed E-state index contributed by atoms with van der Waals surface area (Å²) < 4.78 is 11.6. The Bertz CT molecular complexity index is 679. The summed E-state index contributed by atoms with van der Waals surface area (Å²) in [4.78, 5) is 11.3. The second-order valence-corrected chi connectivity index (χ2v) is 6.50. The Kier molecular flexibility index (Phi) is 4.81. The highest BCUT2D eigenvalue weighted by molar-refractivity contribution is 5.43. The predicted molar refractivity (Wildman–Crippen MR) is 96.7 cm³/mol. The minimum atomic E-state index is -0.347. The van der Waals surface area contributed by atoms with E-state index in [4.69, 9.17) is 9.47 Å². The van der Waals surface area contributed by atoms with Crippen LogP contribution in [-0.4, -0.2) is 48.6 Å². The van der Waals surface area contributed by atoms with Crippen molar-refractivity contribution in [1.82, 2.24) is 9.97 Å². The van der Waals surface area contributed by atoms with Crippen molar-refractivity contribution in [3.63, 3.8) is 0 Å². The van der Waals surface area contributed by atoms with Crippen LogP contribution in [0.5, 0.6) is 0 Å². The quantitative estimate of drug-likeness (QED) is 0.902. The molecule has 1 N–H and O–H groups in total. The Morgan fingerprint density at radius 1 is 1.04 bits per heavy atom. The fourth-order valence-corrected chi connectivity index (χ4v) is 3.44. The summed E-state index contributed by atoms with van der Waals surface area (Å²) in [5.41, 5.74) is 1.31. The summed E-state index contributed by atoms with van der Waals surface area (Å²) >= 11 is 0. The first kappa shape index (κ1) is 16.3. The van der Waals surface area contributed by atoms with E-state index in [0.29, 0.717) is 19.2 Å². The van der Waals surface area contributed by atoms with E-state index in [9.17, 15) is 0 Å². The van der Waals surface area contributed by atoms with Crippen molar-refractivity contribution in [3.05, 3.63) is 48.2 Å². The maximum Gasteiger partial charge on any atom is 0.224 e. The van der Waals surface area contributed by atoms with Crippen LogP contribution in [-0.2, 0) is 15.9 Å². The van der Waals surface area contributed by atoms with Crippen molar-refractivity contribution in [1.29, 1.82) is 0 Å². The average Bonchev–Trinajstić information content (AvgIpc) is 3.12. The zero-order valence-electron chi connectivity index (χ0n) is 14.4. The topological polar surface area (TPSA) is 59.5 Å². The third-order valence-corrected chi connectivity index (χ3v) is 4.84. The van der Waals surface area contributed by atoms with Crippen LogP contribution in [0.15, 0.2) is 42.6 Å². The van der Waals surface area contributed by atoms with Crippen LogP contribution in [0.25, 0.3) is 0 Å². The molecule has 0 unspecified atom stereocenters. The van der Waals surface area contributed by atoms with E-state index in [2.05, 4.69) is 44.5 Å². The first-order valence-corrected chi connectivity index (χ1v) is 8.97. The highest BCUT2D eigenvalue weighted by Gasteiger charge is 2.40. The molecule has 4 rings (SSSR count). The number of hydrogen-bond donors (Lipinski definition) is 1. The zero-order valence-corrected chi connectivity index (χ0v) is 14.4. The number of rotatable bonds is 5. The lowest BCUT2D eigenvalue weighted by Crippen LogP contribution is -2.45. The van der Waals surface area contributed by atoms with Crippen molar-refractivity contribution in [2.24, 2.45) is 0 Å². The van der Waals surface area contributed by atoms with E-state index in [1.807, 2.05) is 18.3 Å². The minimum absolute atomic E-state index is 0.347. The summed E-state index contributed by atoms with van der Waals surface area (Å²) in [6.45, 7) is 4.02. The van der Waals surface area contributed by atoms with Gasteiger partial charge >= 0.3 is 0 Å². The molecular weight excluding hydrogens is 316 g/mol. The predicted octanol–water partition coefficient (Wildman–Crippen LogP) is 2.47. The highest BCUT2D eigenvalue weighted by Crippen LogP contribution is 2.32. The number of aromatic nitrogens is 2. The van der Waals surface area contributed by atoms with Gasteiger partial charge in [-0.3, -0.25) is 0 Å². The maximum atomic E-state index is 5.79. The number of hydrogen-bond acceptors (Lipinski definition) is 6. The molecule has 2 aliphatic rings. The summed E-state index contributed by atoms with van der Waals surface area (Å²) in [5, 5.41) is 3.32. The number of anilines is 2. The van der Waals surface area contributed by atoms with E-state index in [0.717, 1.165) is 44.7 Å². The fraction of sp³-hybridized carbons (Fsp3) is 0.474. The lowest BCUT2D eigenvalue weighted by molar-refractivity contribution is -0.169. The maximum absolute atomic E-state index is 5.79. The molecule has 25 heavy (non-hydrogen) atoms. The van der Waals surface area contributed by atoms with Gasteiger partial charge in [0.15, 0.2) is 5.79 Å². The SMILES string of the molecule is c1ccc(CCNc2nccc(N3CCC4(CC3)OCCO4)n2)cc1. The van der Waals surface area contributed by atoms with Crippen molar-refractivity contribution in [2.75, 3.05) is 43.1 Å². The molecule has 0 aliphatic carbocycles. The average molecular weight is 340 g/mol. The molecule has 3 heterocycles. The molecule has 0 saturated carbocycles. The van der Waals surface area contributed by atoms with Gasteiger partial charge in [-0.15, -0.1) is 0 Å². The Hall–Kier alpha value is -2.18. The van der Waals surface area contributed by atoms with Crippen LogP contribution in [0.2, 0.25) is 0 Å². The molecule has 1 aromatic heterocycles. The molecule has 0 amide bonds. The van der Waals surface area contributed by atoms with Crippen molar-refractivity contribution < 1.29 is 9.47 Å². The van der Waals surface area contributed by atoms with Crippen LogP contribution >= 0.6 is 0 Å². The molecule has 6 heteroatoms. The number of benzene rings is 1. The molecule has 2 fully saturated rings. The van der Waals surface area contributed by atoms with Crippen LogP contribution in [0.1, 0.15) is 18.4 Å². The molecule has 2 aliphatic heterocycles. The second-order valence-electron chi connectivity index (χ2n) is 6.50. The molecule has 0 radical (unpaired) electrons.